The molecule has 0 atom stereocenters. The van der Waals surface area contributed by atoms with Gasteiger partial charge in [0.1, 0.15) is 5.82 Å². The fraction of sp³-hybridized carbons (Fsp3) is 0.0833. The molecule has 0 saturated heterocycles. The van der Waals surface area contributed by atoms with E-state index in [9.17, 15) is 4.39 Å². The molecule has 4 nitrogen and oxygen atoms in total. The zero-order valence-electron chi connectivity index (χ0n) is 15.9. The summed E-state index contributed by atoms with van der Waals surface area (Å²) in [5, 5.41) is 5.77. The third kappa shape index (κ3) is 3.10. The van der Waals surface area contributed by atoms with Crippen molar-refractivity contribution in [2.45, 2.75) is 13.5 Å². The summed E-state index contributed by atoms with van der Waals surface area (Å²) in [5.74, 6) is -0.232. The van der Waals surface area contributed by atoms with Gasteiger partial charge in [0.05, 0.1) is 11.4 Å². The number of H-pyrrole nitrogens is 1. The molecule has 3 aromatic heterocycles. The third-order valence-corrected chi connectivity index (χ3v) is 5.12. The van der Waals surface area contributed by atoms with Crippen LogP contribution in [0.1, 0.15) is 6.92 Å². The topological polar surface area (TPSA) is 46.5 Å². The lowest BCUT2D eigenvalue weighted by Gasteiger charge is -2.04. The predicted molar refractivity (Wildman–Crippen MR) is 114 cm³/mol. The highest BCUT2D eigenvalue weighted by molar-refractivity contribution is 5.89. The van der Waals surface area contributed by atoms with Gasteiger partial charge in [-0.05, 0) is 55.5 Å². The Kier molecular flexibility index (Phi) is 4.21. The largest absolute Gasteiger partial charge is 0.354 e. The van der Waals surface area contributed by atoms with Gasteiger partial charge in [-0.15, -0.1) is 0 Å². The summed E-state index contributed by atoms with van der Waals surface area (Å²) in [4.78, 5) is 7.51. The standard InChI is InChI=1S/C24H19FN4/c1-2-29-24(14-22(28-29)17-6-5-11-26-15-17)16-9-10-21-18(12-16)13-23(27-21)19-7-3-4-8-20(19)25/h3-15,27H,2H2,1H3. The van der Waals surface area contributed by atoms with Crippen LogP contribution in [-0.2, 0) is 6.54 Å². The normalized spacial score (nSPS) is 11.2. The number of nitrogens with one attached hydrogen (secondary N) is 1. The number of halogens is 1. The fourth-order valence-electron chi connectivity index (χ4n) is 3.66. The molecule has 0 aliphatic carbocycles. The van der Waals surface area contributed by atoms with Crippen LogP contribution in [0.3, 0.4) is 0 Å². The molecule has 5 aromatic rings. The molecule has 0 saturated carbocycles. The first-order valence-electron chi connectivity index (χ1n) is 9.59. The van der Waals surface area contributed by atoms with Crippen LogP contribution in [0.5, 0.6) is 0 Å². The van der Waals surface area contributed by atoms with E-state index in [1.54, 1.807) is 18.3 Å². The van der Waals surface area contributed by atoms with Crippen molar-refractivity contribution in [1.82, 2.24) is 19.7 Å². The SMILES string of the molecule is CCn1nc(-c2cccnc2)cc1-c1ccc2[nH]c(-c3ccccc3F)cc2c1. The van der Waals surface area contributed by atoms with E-state index in [1.807, 2.05) is 41.2 Å². The number of aromatic amines is 1. The monoisotopic (exact) mass is 382 g/mol. The number of hydrogen-bond donors (Lipinski definition) is 1. The summed E-state index contributed by atoms with van der Waals surface area (Å²) < 4.78 is 16.2. The molecule has 5 rings (SSSR count). The Morgan fingerprint density at radius 2 is 1.86 bits per heavy atom. The summed E-state index contributed by atoms with van der Waals surface area (Å²) in [7, 11) is 0. The quantitative estimate of drug-likeness (QED) is 0.419. The Morgan fingerprint density at radius 1 is 0.966 bits per heavy atom. The molecule has 0 fully saturated rings. The Balaban J connectivity index is 1.59. The molecule has 3 heterocycles. The average Bonchev–Trinajstić information content (AvgIpc) is 3.38. The first-order chi connectivity index (χ1) is 14.2. The van der Waals surface area contributed by atoms with E-state index in [0.717, 1.165) is 45.7 Å². The highest BCUT2D eigenvalue weighted by Gasteiger charge is 2.13. The zero-order valence-corrected chi connectivity index (χ0v) is 15.9. The maximum atomic E-state index is 14.2. The van der Waals surface area contributed by atoms with Gasteiger partial charge in [-0.3, -0.25) is 9.67 Å². The van der Waals surface area contributed by atoms with Gasteiger partial charge in [-0.25, -0.2) is 4.39 Å². The number of aromatic nitrogens is 4. The molecule has 0 bridgehead atoms. The van der Waals surface area contributed by atoms with Crippen LogP contribution in [0.2, 0.25) is 0 Å². The zero-order chi connectivity index (χ0) is 19.8. The second-order valence-corrected chi connectivity index (χ2v) is 6.94. The molecule has 2 aromatic carbocycles. The minimum atomic E-state index is -0.232. The first-order valence-corrected chi connectivity index (χ1v) is 9.59. The van der Waals surface area contributed by atoms with Crippen molar-refractivity contribution in [2.75, 3.05) is 0 Å². The summed E-state index contributed by atoms with van der Waals surface area (Å²) >= 11 is 0. The van der Waals surface area contributed by atoms with Crippen molar-refractivity contribution in [3.63, 3.8) is 0 Å². The number of pyridine rings is 1. The molecule has 0 aliphatic heterocycles. The molecule has 0 spiro atoms. The van der Waals surface area contributed by atoms with E-state index in [0.29, 0.717) is 5.56 Å². The van der Waals surface area contributed by atoms with E-state index in [-0.39, 0.29) is 5.82 Å². The maximum absolute atomic E-state index is 14.2. The van der Waals surface area contributed by atoms with Crippen LogP contribution in [0.15, 0.2) is 79.1 Å². The van der Waals surface area contributed by atoms with E-state index in [1.165, 1.54) is 6.07 Å². The van der Waals surface area contributed by atoms with Gasteiger partial charge < -0.3 is 4.98 Å². The van der Waals surface area contributed by atoms with Gasteiger partial charge in [0, 0.05) is 52.2 Å². The van der Waals surface area contributed by atoms with Crippen LogP contribution in [0.4, 0.5) is 4.39 Å². The highest BCUT2D eigenvalue weighted by Crippen LogP contribution is 2.31. The Bertz CT molecular complexity index is 1300. The number of hydrogen-bond acceptors (Lipinski definition) is 2. The van der Waals surface area contributed by atoms with Crippen molar-refractivity contribution in [3.8, 4) is 33.8 Å². The third-order valence-electron chi connectivity index (χ3n) is 5.12. The van der Waals surface area contributed by atoms with Crippen molar-refractivity contribution in [3.05, 3.63) is 84.9 Å². The minimum absolute atomic E-state index is 0.232. The van der Waals surface area contributed by atoms with Crippen LogP contribution in [-0.4, -0.2) is 19.7 Å². The van der Waals surface area contributed by atoms with E-state index in [4.69, 9.17) is 5.10 Å². The first kappa shape index (κ1) is 17.4. The lowest BCUT2D eigenvalue weighted by Crippen LogP contribution is -1.99. The summed E-state index contributed by atoms with van der Waals surface area (Å²) in [6, 6.07) is 21.0. The smallest absolute Gasteiger partial charge is 0.132 e. The molecule has 29 heavy (non-hydrogen) atoms. The Hall–Kier alpha value is -3.73. The Morgan fingerprint density at radius 3 is 2.66 bits per heavy atom. The lowest BCUT2D eigenvalue weighted by atomic mass is 10.1. The Labute approximate surface area is 167 Å². The van der Waals surface area contributed by atoms with Crippen molar-refractivity contribution >= 4 is 10.9 Å². The van der Waals surface area contributed by atoms with Crippen molar-refractivity contribution in [1.29, 1.82) is 0 Å². The number of benzene rings is 2. The van der Waals surface area contributed by atoms with Crippen LogP contribution in [0.25, 0.3) is 44.7 Å². The van der Waals surface area contributed by atoms with E-state index in [2.05, 4.69) is 35.1 Å². The van der Waals surface area contributed by atoms with E-state index < -0.39 is 0 Å². The number of rotatable bonds is 4. The molecule has 1 N–H and O–H groups in total. The minimum Gasteiger partial charge on any atom is -0.354 e. The number of fused-ring (bicyclic) bond motifs is 1. The summed E-state index contributed by atoms with van der Waals surface area (Å²) in [6.07, 6.45) is 3.58. The van der Waals surface area contributed by atoms with Crippen molar-refractivity contribution in [2.24, 2.45) is 0 Å². The molecule has 0 aliphatic rings. The predicted octanol–water partition coefficient (Wildman–Crippen LogP) is 5.92. The highest BCUT2D eigenvalue weighted by atomic mass is 19.1. The van der Waals surface area contributed by atoms with Crippen LogP contribution < -0.4 is 0 Å². The van der Waals surface area contributed by atoms with Gasteiger partial charge in [0.15, 0.2) is 0 Å². The second kappa shape index (κ2) is 7.02. The molecular formula is C24H19FN4. The molecule has 0 radical (unpaired) electrons. The van der Waals surface area contributed by atoms with Gasteiger partial charge in [0.25, 0.3) is 0 Å². The molecular weight excluding hydrogens is 363 g/mol. The van der Waals surface area contributed by atoms with Crippen LogP contribution >= 0.6 is 0 Å². The lowest BCUT2D eigenvalue weighted by molar-refractivity contribution is 0.631. The van der Waals surface area contributed by atoms with Gasteiger partial charge in [-0.2, -0.15) is 5.10 Å². The molecule has 0 unspecified atom stereocenters. The van der Waals surface area contributed by atoms with E-state index >= 15 is 0 Å². The molecule has 5 heteroatoms. The average molecular weight is 382 g/mol. The van der Waals surface area contributed by atoms with Crippen molar-refractivity contribution < 1.29 is 4.39 Å². The number of nitrogens with zero attached hydrogens (tertiary/aromatic N) is 3. The fourth-order valence-corrected chi connectivity index (χ4v) is 3.66. The molecule has 0 amide bonds. The van der Waals surface area contributed by atoms with Gasteiger partial charge >= 0.3 is 0 Å². The van der Waals surface area contributed by atoms with Crippen LogP contribution in [0, 0.1) is 5.82 Å². The van der Waals surface area contributed by atoms with Gasteiger partial charge in [-0.1, -0.05) is 18.2 Å². The maximum Gasteiger partial charge on any atom is 0.132 e. The second-order valence-electron chi connectivity index (χ2n) is 6.94. The molecule has 142 valence electrons. The van der Waals surface area contributed by atoms with Gasteiger partial charge in [0.2, 0.25) is 0 Å². The summed E-state index contributed by atoms with van der Waals surface area (Å²) in [5.41, 5.74) is 6.32. The number of aryl methyl sites for hydroxylation is 1. The summed E-state index contributed by atoms with van der Waals surface area (Å²) in [6.45, 7) is 2.84.